The van der Waals surface area contributed by atoms with Gasteiger partial charge < -0.3 is 15.0 Å². The second kappa shape index (κ2) is 9.06. The van der Waals surface area contributed by atoms with Crippen molar-refractivity contribution >= 4 is 12.1 Å². The first kappa shape index (κ1) is 18.0. The Labute approximate surface area is 154 Å². The summed E-state index contributed by atoms with van der Waals surface area (Å²) in [5.74, 6) is 0.799. The Hall–Kier alpha value is -2.79. The molecule has 1 saturated heterocycles. The number of benzene rings is 2. The molecule has 0 spiro atoms. The molecular formula is C21H25N3O2. The predicted molar refractivity (Wildman–Crippen MR) is 104 cm³/mol. The maximum absolute atomic E-state index is 12.3. The van der Waals surface area contributed by atoms with Crippen LogP contribution in [0.5, 0.6) is 5.75 Å². The van der Waals surface area contributed by atoms with Gasteiger partial charge in [-0.05, 0) is 29.3 Å². The van der Waals surface area contributed by atoms with Crippen molar-refractivity contribution in [2.75, 3.05) is 33.3 Å². The molecule has 2 aromatic rings. The van der Waals surface area contributed by atoms with Crippen LogP contribution in [-0.4, -0.2) is 49.1 Å². The van der Waals surface area contributed by atoms with Crippen LogP contribution in [-0.2, 0) is 6.54 Å². The van der Waals surface area contributed by atoms with Crippen LogP contribution in [0.2, 0.25) is 0 Å². The Morgan fingerprint density at radius 2 is 1.85 bits per heavy atom. The number of urea groups is 1. The minimum Gasteiger partial charge on any atom is -0.497 e. The first-order chi connectivity index (χ1) is 12.7. The fourth-order valence-corrected chi connectivity index (χ4v) is 3.00. The Kier molecular flexibility index (Phi) is 6.28. The zero-order valence-corrected chi connectivity index (χ0v) is 15.1. The number of piperazine rings is 1. The highest BCUT2D eigenvalue weighted by molar-refractivity contribution is 5.76. The number of carbonyl (C=O) groups excluding carboxylic acids is 1. The van der Waals surface area contributed by atoms with Gasteiger partial charge in [0.05, 0.1) is 7.11 Å². The van der Waals surface area contributed by atoms with E-state index in [2.05, 4.69) is 34.5 Å². The number of nitrogens with one attached hydrogen (secondary N) is 1. The normalized spacial score (nSPS) is 15.2. The average molecular weight is 351 g/mol. The number of rotatable bonds is 5. The molecule has 2 amide bonds. The summed E-state index contributed by atoms with van der Waals surface area (Å²) in [6.45, 7) is 4.20. The van der Waals surface area contributed by atoms with Crippen LogP contribution in [0, 0.1) is 0 Å². The van der Waals surface area contributed by atoms with Gasteiger partial charge in [0.15, 0.2) is 0 Å². The Balaban J connectivity index is 1.44. The van der Waals surface area contributed by atoms with Crippen molar-refractivity contribution < 1.29 is 9.53 Å². The monoisotopic (exact) mass is 351 g/mol. The van der Waals surface area contributed by atoms with Crippen molar-refractivity contribution in [1.82, 2.24) is 15.1 Å². The SMILES string of the molecule is COc1cccc(/C=C/NC(=O)N2CCN(Cc3ccccc3)CC2)c1. The van der Waals surface area contributed by atoms with E-state index < -0.39 is 0 Å². The Morgan fingerprint density at radius 3 is 2.58 bits per heavy atom. The zero-order valence-electron chi connectivity index (χ0n) is 15.1. The summed E-state index contributed by atoms with van der Waals surface area (Å²) in [6.07, 6.45) is 3.56. The first-order valence-electron chi connectivity index (χ1n) is 8.87. The number of hydrogen-bond acceptors (Lipinski definition) is 3. The number of methoxy groups -OCH3 is 1. The summed E-state index contributed by atoms with van der Waals surface area (Å²) in [7, 11) is 1.64. The van der Waals surface area contributed by atoms with Crippen molar-refractivity contribution in [2.24, 2.45) is 0 Å². The van der Waals surface area contributed by atoms with E-state index >= 15 is 0 Å². The molecule has 1 N–H and O–H groups in total. The van der Waals surface area contributed by atoms with E-state index in [1.807, 2.05) is 41.3 Å². The molecule has 0 aliphatic carbocycles. The average Bonchev–Trinajstić information content (AvgIpc) is 2.69. The van der Waals surface area contributed by atoms with Gasteiger partial charge in [0.1, 0.15) is 5.75 Å². The predicted octanol–water partition coefficient (Wildman–Crippen LogP) is 3.19. The molecule has 0 saturated carbocycles. The number of nitrogens with zero attached hydrogens (tertiary/aromatic N) is 2. The smallest absolute Gasteiger partial charge is 0.321 e. The van der Waals surface area contributed by atoms with Crippen LogP contribution in [0.4, 0.5) is 4.79 Å². The van der Waals surface area contributed by atoms with E-state index in [1.54, 1.807) is 13.3 Å². The lowest BCUT2D eigenvalue weighted by atomic mass is 10.2. The van der Waals surface area contributed by atoms with Gasteiger partial charge in [-0.25, -0.2) is 4.79 Å². The molecule has 0 bridgehead atoms. The number of ether oxygens (including phenoxy) is 1. The summed E-state index contributed by atoms with van der Waals surface area (Å²) in [5, 5.41) is 2.85. The third-order valence-electron chi connectivity index (χ3n) is 4.48. The van der Waals surface area contributed by atoms with Gasteiger partial charge in [-0.3, -0.25) is 4.90 Å². The van der Waals surface area contributed by atoms with E-state index in [1.165, 1.54) is 5.56 Å². The van der Waals surface area contributed by atoms with Crippen LogP contribution in [0.15, 0.2) is 60.8 Å². The molecule has 1 aliphatic rings. The maximum atomic E-state index is 12.3. The summed E-state index contributed by atoms with van der Waals surface area (Å²) < 4.78 is 5.20. The van der Waals surface area contributed by atoms with Gasteiger partial charge in [-0.2, -0.15) is 0 Å². The standard InChI is InChI=1S/C21H25N3O2/c1-26-20-9-5-8-18(16-20)10-11-22-21(25)24-14-12-23(13-15-24)17-19-6-3-2-4-7-19/h2-11,16H,12-15,17H2,1H3,(H,22,25)/b11-10+. The van der Waals surface area contributed by atoms with Gasteiger partial charge in [0.25, 0.3) is 0 Å². The molecule has 1 heterocycles. The molecule has 0 unspecified atom stereocenters. The molecule has 136 valence electrons. The van der Waals surface area contributed by atoms with Gasteiger partial charge >= 0.3 is 6.03 Å². The lowest BCUT2D eigenvalue weighted by Crippen LogP contribution is -2.50. The lowest BCUT2D eigenvalue weighted by molar-refractivity contribution is 0.137. The van der Waals surface area contributed by atoms with Crippen molar-refractivity contribution in [3.05, 3.63) is 71.9 Å². The van der Waals surface area contributed by atoms with Crippen LogP contribution < -0.4 is 10.1 Å². The minimum absolute atomic E-state index is 0.0523. The quantitative estimate of drug-likeness (QED) is 0.900. The summed E-state index contributed by atoms with van der Waals surface area (Å²) in [4.78, 5) is 16.5. The van der Waals surface area contributed by atoms with E-state index in [0.29, 0.717) is 0 Å². The Bertz CT molecular complexity index is 738. The molecule has 1 aliphatic heterocycles. The summed E-state index contributed by atoms with van der Waals surface area (Å²) in [6, 6.07) is 18.1. The molecule has 5 heteroatoms. The highest BCUT2D eigenvalue weighted by atomic mass is 16.5. The molecule has 1 fully saturated rings. The Morgan fingerprint density at radius 1 is 1.08 bits per heavy atom. The largest absolute Gasteiger partial charge is 0.497 e. The van der Waals surface area contributed by atoms with Gasteiger partial charge in [0, 0.05) is 38.9 Å². The first-order valence-corrected chi connectivity index (χ1v) is 8.87. The second-order valence-electron chi connectivity index (χ2n) is 6.31. The van der Waals surface area contributed by atoms with Gasteiger partial charge in [-0.15, -0.1) is 0 Å². The van der Waals surface area contributed by atoms with Crippen LogP contribution >= 0.6 is 0 Å². The van der Waals surface area contributed by atoms with Crippen LogP contribution in [0.1, 0.15) is 11.1 Å². The van der Waals surface area contributed by atoms with Crippen LogP contribution in [0.25, 0.3) is 6.08 Å². The van der Waals surface area contributed by atoms with Gasteiger partial charge in [-0.1, -0.05) is 42.5 Å². The fraction of sp³-hybridized carbons (Fsp3) is 0.286. The number of carbonyl (C=O) groups is 1. The summed E-state index contributed by atoms with van der Waals surface area (Å²) in [5.41, 5.74) is 2.30. The molecule has 2 aromatic carbocycles. The van der Waals surface area contributed by atoms with Crippen molar-refractivity contribution in [1.29, 1.82) is 0 Å². The van der Waals surface area contributed by atoms with Crippen LogP contribution in [0.3, 0.4) is 0 Å². The molecule has 26 heavy (non-hydrogen) atoms. The molecule has 0 radical (unpaired) electrons. The van der Waals surface area contributed by atoms with Crippen molar-refractivity contribution in [3.8, 4) is 5.75 Å². The highest BCUT2D eigenvalue weighted by Crippen LogP contribution is 2.13. The minimum atomic E-state index is -0.0523. The highest BCUT2D eigenvalue weighted by Gasteiger charge is 2.20. The van der Waals surface area contributed by atoms with E-state index in [9.17, 15) is 4.79 Å². The maximum Gasteiger partial charge on any atom is 0.321 e. The second-order valence-corrected chi connectivity index (χ2v) is 6.31. The van der Waals surface area contributed by atoms with Gasteiger partial charge in [0.2, 0.25) is 0 Å². The molecule has 0 atom stereocenters. The third-order valence-corrected chi connectivity index (χ3v) is 4.48. The zero-order chi connectivity index (χ0) is 18.2. The number of hydrogen-bond donors (Lipinski definition) is 1. The molecular weight excluding hydrogens is 326 g/mol. The molecule has 0 aromatic heterocycles. The molecule has 5 nitrogen and oxygen atoms in total. The van der Waals surface area contributed by atoms with E-state index in [4.69, 9.17) is 4.74 Å². The summed E-state index contributed by atoms with van der Waals surface area (Å²) >= 11 is 0. The topological polar surface area (TPSA) is 44.8 Å². The number of amides is 2. The van der Waals surface area contributed by atoms with E-state index in [0.717, 1.165) is 44.0 Å². The van der Waals surface area contributed by atoms with Crippen molar-refractivity contribution in [2.45, 2.75) is 6.54 Å². The fourth-order valence-electron chi connectivity index (χ4n) is 3.00. The van der Waals surface area contributed by atoms with Crippen molar-refractivity contribution in [3.63, 3.8) is 0 Å². The molecule has 3 rings (SSSR count). The van der Waals surface area contributed by atoms with E-state index in [-0.39, 0.29) is 6.03 Å². The lowest BCUT2D eigenvalue weighted by Gasteiger charge is -2.34. The third kappa shape index (κ3) is 5.10.